The fraction of sp³-hybridized carbons (Fsp3) is 0.424. The van der Waals surface area contributed by atoms with Gasteiger partial charge in [-0.25, -0.2) is 9.37 Å². The highest BCUT2D eigenvalue weighted by atomic mass is 32.1. The largest absolute Gasteiger partial charge is 0.389 e. The van der Waals surface area contributed by atoms with Crippen molar-refractivity contribution < 1.29 is 19.1 Å². The number of carbonyl (C=O) groups excluding carboxylic acids is 2. The summed E-state index contributed by atoms with van der Waals surface area (Å²) in [5, 5.41) is 20.4. The Labute approximate surface area is 255 Å². The second kappa shape index (κ2) is 13.0. The summed E-state index contributed by atoms with van der Waals surface area (Å²) < 4.78 is 15.9. The second-order valence-corrected chi connectivity index (χ2v) is 12.7. The van der Waals surface area contributed by atoms with Crippen molar-refractivity contribution in [3.8, 4) is 0 Å². The number of nitrogens with zero attached hydrogens (tertiary/aromatic N) is 3. The molecule has 0 saturated carbocycles. The maximum Gasteiger partial charge on any atom is 0.247 e. The maximum absolute atomic E-state index is 14.1. The predicted molar refractivity (Wildman–Crippen MR) is 165 cm³/mol. The molecule has 0 spiro atoms. The van der Waals surface area contributed by atoms with E-state index in [4.69, 9.17) is 0 Å². The number of carbonyl (C=O) groups is 2. The number of amides is 2. The third-order valence-corrected chi connectivity index (χ3v) is 9.72. The van der Waals surface area contributed by atoms with Gasteiger partial charge in [-0.1, -0.05) is 30.3 Å². The fourth-order valence-electron chi connectivity index (χ4n) is 6.45. The smallest absolute Gasteiger partial charge is 0.247 e. The predicted octanol–water partition coefficient (Wildman–Crippen LogP) is 4.19. The van der Waals surface area contributed by atoms with E-state index in [0.717, 1.165) is 34.8 Å². The molecule has 6 rings (SSSR count). The highest BCUT2D eigenvalue weighted by molar-refractivity contribution is 7.09. The zero-order chi connectivity index (χ0) is 29.9. The number of rotatable bonds is 9. The molecular weight excluding hydrogens is 565 g/mol. The van der Waals surface area contributed by atoms with Crippen LogP contribution in [0.2, 0.25) is 0 Å². The van der Waals surface area contributed by atoms with Crippen molar-refractivity contribution in [1.29, 1.82) is 0 Å². The fourth-order valence-corrected chi connectivity index (χ4v) is 7.39. The topological polar surface area (TPSA) is 99.5 Å². The lowest BCUT2D eigenvalue weighted by atomic mass is 9.89. The number of allylic oxidation sites excluding steroid dienone is 2. The van der Waals surface area contributed by atoms with Crippen LogP contribution in [0.15, 0.2) is 78.0 Å². The minimum Gasteiger partial charge on any atom is -0.389 e. The van der Waals surface area contributed by atoms with E-state index in [1.165, 1.54) is 0 Å². The number of nitrogens with one attached hydrogen (secondary N) is 2. The highest BCUT2D eigenvalue weighted by Crippen LogP contribution is 2.37. The average molecular weight is 604 g/mol. The van der Waals surface area contributed by atoms with Crippen LogP contribution in [0.5, 0.6) is 0 Å². The van der Waals surface area contributed by atoms with E-state index in [-0.39, 0.29) is 37.2 Å². The van der Waals surface area contributed by atoms with E-state index >= 15 is 0 Å². The number of aryl methyl sites for hydroxylation is 1. The van der Waals surface area contributed by atoms with Crippen molar-refractivity contribution in [2.24, 2.45) is 5.92 Å². The third kappa shape index (κ3) is 6.66. The number of thiazole rings is 1. The normalized spacial score (nSPS) is 25.2. The molecule has 10 heteroatoms. The number of halogens is 1. The molecular formula is C33H38FN5O3S. The number of benzene rings is 1. The molecule has 2 amide bonds. The summed E-state index contributed by atoms with van der Waals surface area (Å²) >= 11 is 1.59. The molecule has 2 fully saturated rings. The lowest BCUT2D eigenvalue weighted by Crippen LogP contribution is -2.52. The quantitative estimate of drug-likeness (QED) is 0.341. The zero-order valence-corrected chi connectivity index (χ0v) is 25.1. The first-order valence-electron chi connectivity index (χ1n) is 15.0. The molecule has 0 bridgehead atoms. The number of hydrogen-bond donors (Lipinski definition) is 3. The minimum absolute atomic E-state index is 0.0107. The highest BCUT2D eigenvalue weighted by Gasteiger charge is 2.38. The number of hydrogen-bond acceptors (Lipinski definition) is 6. The summed E-state index contributed by atoms with van der Waals surface area (Å²) in [4.78, 5) is 34.6. The van der Waals surface area contributed by atoms with E-state index in [9.17, 15) is 19.1 Å². The summed E-state index contributed by atoms with van der Waals surface area (Å²) in [5.74, 6) is -0.867. The molecule has 2 aromatic heterocycles. The van der Waals surface area contributed by atoms with Crippen molar-refractivity contribution in [2.45, 2.75) is 69.4 Å². The van der Waals surface area contributed by atoms with Crippen LogP contribution >= 0.6 is 11.3 Å². The maximum atomic E-state index is 14.1. The van der Waals surface area contributed by atoms with Gasteiger partial charge in [0.05, 0.1) is 24.1 Å². The summed E-state index contributed by atoms with van der Waals surface area (Å²) in [6, 6.07) is 12.3. The lowest BCUT2D eigenvalue weighted by molar-refractivity contribution is -0.135. The molecule has 1 aliphatic carbocycles. The summed E-state index contributed by atoms with van der Waals surface area (Å²) in [5.41, 5.74) is 3.13. The Kier molecular flexibility index (Phi) is 8.88. The van der Waals surface area contributed by atoms with Crippen LogP contribution < -0.4 is 10.6 Å². The Morgan fingerprint density at radius 2 is 2.00 bits per heavy atom. The van der Waals surface area contributed by atoms with Crippen LogP contribution in [0.1, 0.15) is 48.0 Å². The van der Waals surface area contributed by atoms with Gasteiger partial charge in [-0.2, -0.15) is 0 Å². The van der Waals surface area contributed by atoms with Crippen molar-refractivity contribution in [3.05, 3.63) is 94.2 Å². The number of aliphatic hydroxyl groups is 1. The van der Waals surface area contributed by atoms with Crippen LogP contribution in [0.25, 0.3) is 5.70 Å². The van der Waals surface area contributed by atoms with Crippen molar-refractivity contribution in [2.75, 3.05) is 13.1 Å². The Hall–Kier alpha value is -3.60. The van der Waals surface area contributed by atoms with Gasteiger partial charge in [-0.15, -0.1) is 11.3 Å². The molecule has 0 radical (unpaired) electrons. The Balaban J connectivity index is 1.24. The molecule has 3 N–H and O–H groups in total. The van der Waals surface area contributed by atoms with Crippen LogP contribution in [0, 0.1) is 12.8 Å². The van der Waals surface area contributed by atoms with Crippen LogP contribution in [-0.2, 0) is 16.0 Å². The number of aromatic nitrogens is 2. The first kappa shape index (κ1) is 29.5. The monoisotopic (exact) mass is 603 g/mol. The minimum atomic E-state index is -1.03. The molecule has 6 atom stereocenters. The van der Waals surface area contributed by atoms with Crippen molar-refractivity contribution in [3.63, 3.8) is 0 Å². The average Bonchev–Trinajstić information content (AvgIpc) is 3.84. The third-order valence-electron chi connectivity index (χ3n) is 8.65. The molecule has 8 nitrogen and oxygen atoms in total. The number of likely N-dealkylation sites (tertiary alicyclic amines) is 1. The molecule has 2 aliphatic heterocycles. The van der Waals surface area contributed by atoms with E-state index < -0.39 is 30.3 Å². The Morgan fingerprint density at radius 3 is 2.70 bits per heavy atom. The van der Waals surface area contributed by atoms with Crippen molar-refractivity contribution in [1.82, 2.24) is 25.1 Å². The van der Waals surface area contributed by atoms with Gasteiger partial charge < -0.3 is 25.2 Å². The van der Waals surface area contributed by atoms with E-state index in [1.54, 1.807) is 11.3 Å². The van der Waals surface area contributed by atoms with Gasteiger partial charge in [0.2, 0.25) is 11.8 Å². The van der Waals surface area contributed by atoms with Gasteiger partial charge in [-0.05, 0) is 68.9 Å². The lowest BCUT2D eigenvalue weighted by Gasteiger charge is -2.31. The first-order valence-corrected chi connectivity index (χ1v) is 15.9. The summed E-state index contributed by atoms with van der Waals surface area (Å²) in [6.07, 6.45) is 8.15. The van der Waals surface area contributed by atoms with Gasteiger partial charge in [0.15, 0.2) is 0 Å². The van der Waals surface area contributed by atoms with Gasteiger partial charge in [0, 0.05) is 53.9 Å². The molecule has 226 valence electrons. The molecule has 1 unspecified atom stereocenters. The molecule has 4 heterocycles. The van der Waals surface area contributed by atoms with Crippen molar-refractivity contribution >= 4 is 28.8 Å². The van der Waals surface area contributed by atoms with Gasteiger partial charge in [-0.3, -0.25) is 9.59 Å². The SMILES string of the molecule is Cc1csc([C@H]2CCCN2C(=O)C2C=C(n3cccc3)C=C(C(=O)N[C@@H](Cc3ccccc3)[C@H](O)[C@H]3C[C@H](F)CN3)C2)n1. The van der Waals surface area contributed by atoms with E-state index in [1.807, 2.05) is 88.8 Å². The molecule has 3 aromatic rings. The molecule has 43 heavy (non-hydrogen) atoms. The summed E-state index contributed by atoms with van der Waals surface area (Å²) in [7, 11) is 0. The molecule has 3 aliphatic rings. The Morgan fingerprint density at radius 1 is 1.21 bits per heavy atom. The van der Waals surface area contributed by atoms with Crippen LogP contribution in [0.4, 0.5) is 4.39 Å². The first-order chi connectivity index (χ1) is 20.9. The second-order valence-electron chi connectivity index (χ2n) is 11.8. The number of aliphatic hydroxyl groups excluding tert-OH is 1. The van der Waals surface area contributed by atoms with Gasteiger partial charge in [0.25, 0.3) is 0 Å². The zero-order valence-electron chi connectivity index (χ0n) is 24.2. The molecule has 1 aromatic carbocycles. The standard InChI is InChI=1S/C33H38FN5O3S/c1-21-20-43-32(36-21)29-10-7-13-39(29)33(42)24-15-23(16-26(17-24)38-11-5-6-12-38)31(41)37-28(14-22-8-3-2-4-9-22)30(40)27-18-25(34)19-35-27/h2-6,8-9,11-12,16-17,20,24-25,27-30,35,40H,7,10,13-15,18-19H2,1H3,(H,37,41)/t24?,25-,27+,28-,29+,30+/m0/s1. The van der Waals surface area contributed by atoms with E-state index in [0.29, 0.717) is 18.5 Å². The summed E-state index contributed by atoms with van der Waals surface area (Å²) in [6.45, 7) is 2.81. The van der Waals surface area contributed by atoms with Crippen LogP contribution in [0.3, 0.4) is 0 Å². The molecule has 2 saturated heterocycles. The van der Waals surface area contributed by atoms with Gasteiger partial charge >= 0.3 is 0 Å². The van der Waals surface area contributed by atoms with Crippen LogP contribution in [-0.4, -0.2) is 68.8 Å². The number of alkyl halides is 1. The van der Waals surface area contributed by atoms with Gasteiger partial charge in [0.1, 0.15) is 11.2 Å². The Bertz CT molecular complexity index is 1490. The van der Waals surface area contributed by atoms with E-state index in [2.05, 4.69) is 15.6 Å².